The van der Waals surface area contributed by atoms with Gasteiger partial charge in [-0.1, -0.05) is 18.2 Å². The maximum atomic E-state index is 13.7. The van der Waals surface area contributed by atoms with Crippen LogP contribution in [0.3, 0.4) is 0 Å². The third-order valence-electron chi connectivity index (χ3n) is 3.09. The van der Waals surface area contributed by atoms with Crippen LogP contribution in [-0.4, -0.2) is 24.4 Å². The first-order valence-electron chi connectivity index (χ1n) is 6.76. The Labute approximate surface area is 132 Å². The van der Waals surface area contributed by atoms with Crippen LogP contribution in [0.25, 0.3) is 16.5 Å². The van der Waals surface area contributed by atoms with Gasteiger partial charge in [-0.15, -0.1) is 11.3 Å². The molecule has 0 fully saturated rings. The molecule has 0 bridgehead atoms. The summed E-state index contributed by atoms with van der Waals surface area (Å²) in [6, 6.07) is 12.3. The topological polar surface area (TPSA) is 44.1 Å². The van der Waals surface area contributed by atoms with Crippen molar-refractivity contribution in [2.24, 2.45) is 0 Å². The Morgan fingerprint density at radius 2 is 2.14 bits per heavy atom. The lowest BCUT2D eigenvalue weighted by Gasteiger charge is -2.11. The maximum Gasteiger partial charge on any atom is 0.246 e. The first-order chi connectivity index (χ1) is 10.6. The standard InChI is InChI=1S/C17H15FN2OS/c1-20(12-4-11-19)17(21)10-8-13-7-9-16(22-13)14-5-2-3-6-15(14)18/h2-3,5-10H,4,12H2,1H3. The highest BCUT2D eigenvalue weighted by atomic mass is 32.1. The molecule has 0 atom stereocenters. The van der Waals surface area contributed by atoms with E-state index in [-0.39, 0.29) is 11.7 Å². The van der Waals surface area contributed by atoms with Crippen LogP contribution >= 0.6 is 11.3 Å². The van der Waals surface area contributed by atoms with Crippen molar-refractivity contribution in [3.8, 4) is 16.5 Å². The van der Waals surface area contributed by atoms with Crippen LogP contribution in [0.1, 0.15) is 11.3 Å². The number of carbonyl (C=O) groups excluding carboxylic acids is 1. The van der Waals surface area contributed by atoms with E-state index >= 15 is 0 Å². The molecule has 3 nitrogen and oxygen atoms in total. The third-order valence-corrected chi connectivity index (χ3v) is 4.18. The number of benzene rings is 1. The van der Waals surface area contributed by atoms with Gasteiger partial charge in [0.25, 0.3) is 0 Å². The van der Waals surface area contributed by atoms with Crippen molar-refractivity contribution in [3.05, 3.63) is 53.2 Å². The Bertz CT molecular complexity index is 730. The highest BCUT2D eigenvalue weighted by molar-refractivity contribution is 7.16. The summed E-state index contributed by atoms with van der Waals surface area (Å²) in [5.74, 6) is -0.414. The Morgan fingerprint density at radius 3 is 2.86 bits per heavy atom. The van der Waals surface area contributed by atoms with Gasteiger partial charge >= 0.3 is 0 Å². The summed E-state index contributed by atoms with van der Waals surface area (Å²) in [6.45, 7) is 0.407. The van der Waals surface area contributed by atoms with Gasteiger partial charge in [0, 0.05) is 35.0 Å². The summed E-state index contributed by atoms with van der Waals surface area (Å²) < 4.78 is 13.7. The lowest BCUT2D eigenvalue weighted by molar-refractivity contribution is -0.124. The van der Waals surface area contributed by atoms with E-state index < -0.39 is 0 Å². The number of halogens is 1. The molecular weight excluding hydrogens is 299 g/mol. The van der Waals surface area contributed by atoms with E-state index in [0.717, 1.165) is 9.75 Å². The molecule has 0 saturated heterocycles. The molecule has 5 heteroatoms. The predicted molar refractivity (Wildman–Crippen MR) is 86.6 cm³/mol. The summed E-state index contributed by atoms with van der Waals surface area (Å²) in [4.78, 5) is 15.0. The number of thiophene rings is 1. The molecule has 22 heavy (non-hydrogen) atoms. The second kappa shape index (κ2) is 7.53. The molecule has 0 radical (unpaired) electrons. The van der Waals surface area contributed by atoms with E-state index in [1.54, 1.807) is 31.3 Å². The highest BCUT2D eigenvalue weighted by Gasteiger charge is 2.07. The minimum absolute atomic E-state index is 0.156. The maximum absolute atomic E-state index is 13.7. The second-order valence-electron chi connectivity index (χ2n) is 4.68. The zero-order chi connectivity index (χ0) is 15.9. The van der Waals surface area contributed by atoms with Crippen LogP contribution < -0.4 is 0 Å². The fraction of sp³-hybridized carbons (Fsp3) is 0.176. The van der Waals surface area contributed by atoms with Crippen molar-refractivity contribution >= 4 is 23.3 Å². The number of amides is 1. The molecule has 1 aromatic heterocycles. The van der Waals surface area contributed by atoms with Crippen molar-refractivity contribution in [3.63, 3.8) is 0 Å². The zero-order valence-electron chi connectivity index (χ0n) is 12.1. The molecule has 2 aromatic rings. The Kier molecular flexibility index (Phi) is 5.45. The van der Waals surface area contributed by atoms with Gasteiger partial charge in [0.2, 0.25) is 5.91 Å². The lowest BCUT2D eigenvalue weighted by atomic mass is 10.2. The van der Waals surface area contributed by atoms with Crippen molar-refractivity contribution < 1.29 is 9.18 Å². The molecule has 0 saturated carbocycles. The second-order valence-corrected chi connectivity index (χ2v) is 5.80. The van der Waals surface area contributed by atoms with Crippen molar-refractivity contribution in [1.29, 1.82) is 5.26 Å². The molecule has 0 spiro atoms. The van der Waals surface area contributed by atoms with Gasteiger partial charge in [-0.2, -0.15) is 5.26 Å². The molecule has 0 N–H and O–H groups in total. The van der Waals surface area contributed by atoms with E-state index in [0.29, 0.717) is 18.5 Å². The van der Waals surface area contributed by atoms with E-state index in [1.807, 2.05) is 18.2 Å². The monoisotopic (exact) mass is 314 g/mol. The average Bonchev–Trinajstić information content (AvgIpc) is 2.99. The summed E-state index contributed by atoms with van der Waals surface area (Å²) in [7, 11) is 1.66. The van der Waals surface area contributed by atoms with Crippen LogP contribution in [0.15, 0.2) is 42.5 Å². The number of nitriles is 1. The van der Waals surface area contributed by atoms with Gasteiger partial charge in [-0.05, 0) is 24.3 Å². The predicted octanol–water partition coefficient (Wildman–Crippen LogP) is 3.94. The molecule has 0 aliphatic carbocycles. The molecular formula is C17H15FN2OS. The van der Waals surface area contributed by atoms with Crippen LogP contribution in [-0.2, 0) is 4.79 Å². The smallest absolute Gasteiger partial charge is 0.246 e. The van der Waals surface area contributed by atoms with E-state index in [9.17, 15) is 9.18 Å². The first kappa shape index (κ1) is 15.9. The molecule has 1 amide bonds. The highest BCUT2D eigenvalue weighted by Crippen LogP contribution is 2.30. The SMILES string of the molecule is CN(CCC#N)C(=O)C=Cc1ccc(-c2ccccc2F)s1. The molecule has 0 unspecified atom stereocenters. The summed E-state index contributed by atoms with van der Waals surface area (Å²) in [6.07, 6.45) is 3.49. The molecule has 0 aliphatic rings. The molecule has 112 valence electrons. The zero-order valence-corrected chi connectivity index (χ0v) is 12.9. The Balaban J connectivity index is 2.06. The largest absolute Gasteiger partial charge is 0.341 e. The van der Waals surface area contributed by atoms with Gasteiger partial charge in [0.1, 0.15) is 5.82 Å². The number of hydrogen-bond acceptors (Lipinski definition) is 3. The quantitative estimate of drug-likeness (QED) is 0.785. The fourth-order valence-electron chi connectivity index (χ4n) is 1.86. The van der Waals surface area contributed by atoms with Crippen LogP contribution in [0.2, 0.25) is 0 Å². The van der Waals surface area contributed by atoms with Crippen LogP contribution in [0, 0.1) is 17.1 Å². The first-order valence-corrected chi connectivity index (χ1v) is 7.58. The number of likely N-dealkylation sites (N-methyl/N-ethyl adjacent to an activating group) is 1. The summed E-state index contributed by atoms with van der Waals surface area (Å²) in [5, 5.41) is 8.50. The normalized spacial score (nSPS) is 10.6. The third kappa shape index (κ3) is 4.03. The van der Waals surface area contributed by atoms with E-state index in [2.05, 4.69) is 0 Å². The fourth-order valence-corrected chi connectivity index (χ4v) is 2.79. The summed E-state index contributed by atoms with van der Waals surface area (Å²) in [5.41, 5.74) is 0.560. The molecule has 2 rings (SSSR count). The molecule has 1 aromatic carbocycles. The Morgan fingerprint density at radius 1 is 1.36 bits per heavy atom. The van der Waals surface area contributed by atoms with E-state index in [4.69, 9.17) is 5.26 Å². The number of rotatable bonds is 5. The summed E-state index contributed by atoms with van der Waals surface area (Å²) >= 11 is 1.42. The van der Waals surface area contributed by atoms with Crippen molar-refractivity contribution in [2.75, 3.05) is 13.6 Å². The van der Waals surface area contributed by atoms with Gasteiger partial charge in [-0.25, -0.2) is 4.39 Å². The van der Waals surface area contributed by atoms with Gasteiger partial charge in [-0.3, -0.25) is 4.79 Å². The number of hydrogen-bond donors (Lipinski definition) is 0. The minimum Gasteiger partial charge on any atom is -0.341 e. The van der Waals surface area contributed by atoms with Gasteiger partial charge in [0.15, 0.2) is 0 Å². The van der Waals surface area contributed by atoms with Crippen molar-refractivity contribution in [1.82, 2.24) is 4.90 Å². The Hall–Kier alpha value is -2.45. The molecule has 1 heterocycles. The number of nitrogens with zero attached hydrogens (tertiary/aromatic N) is 2. The average molecular weight is 314 g/mol. The minimum atomic E-state index is -0.257. The molecule has 0 aliphatic heterocycles. The van der Waals surface area contributed by atoms with Gasteiger partial charge in [0.05, 0.1) is 12.5 Å². The van der Waals surface area contributed by atoms with Crippen LogP contribution in [0.5, 0.6) is 0 Å². The van der Waals surface area contributed by atoms with Crippen molar-refractivity contribution in [2.45, 2.75) is 6.42 Å². The number of carbonyl (C=O) groups is 1. The lowest BCUT2D eigenvalue weighted by Crippen LogP contribution is -2.25. The van der Waals surface area contributed by atoms with Crippen LogP contribution in [0.4, 0.5) is 4.39 Å². The van der Waals surface area contributed by atoms with Gasteiger partial charge < -0.3 is 4.90 Å². The van der Waals surface area contributed by atoms with E-state index in [1.165, 1.54) is 28.4 Å².